The molecule has 23 heavy (non-hydrogen) atoms. The van der Waals surface area contributed by atoms with Crippen LogP contribution < -0.4 is 10.1 Å². The Balaban J connectivity index is 1.57. The van der Waals surface area contributed by atoms with Gasteiger partial charge in [-0.1, -0.05) is 0 Å². The van der Waals surface area contributed by atoms with Crippen molar-refractivity contribution in [2.45, 2.75) is 18.9 Å². The summed E-state index contributed by atoms with van der Waals surface area (Å²) in [5.41, 5.74) is 0.432. The maximum atomic E-state index is 12.3. The molecule has 3 rings (SSSR count). The Bertz CT molecular complexity index is 658. The number of amides is 1. The van der Waals surface area contributed by atoms with Gasteiger partial charge in [0.2, 0.25) is 0 Å². The lowest BCUT2D eigenvalue weighted by molar-refractivity contribution is 0.0712. The minimum Gasteiger partial charge on any atom is -0.478 e. The van der Waals surface area contributed by atoms with Crippen LogP contribution in [0.4, 0.5) is 5.82 Å². The number of nitrogens with zero attached hydrogens (tertiary/aromatic N) is 5. The molecule has 8 nitrogen and oxygen atoms in total. The van der Waals surface area contributed by atoms with Gasteiger partial charge in [-0.05, 0) is 18.9 Å². The average Bonchev–Trinajstić information content (AvgIpc) is 2.63. The summed E-state index contributed by atoms with van der Waals surface area (Å²) in [5, 5.41) is 3.34. The first kappa shape index (κ1) is 15.1. The molecule has 1 amide bonds. The second kappa shape index (κ2) is 6.99. The number of anilines is 1. The van der Waals surface area contributed by atoms with Crippen LogP contribution >= 0.6 is 0 Å². The molecule has 0 aromatic carbocycles. The molecule has 0 saturated carbocycles. The minimum atomic E-state index is -0.0528. The smallest absolute Gasteiger partial charge is 0.272 e. The van der Waals surface area contributed by atoms with Crippen molar-refractivity contribution in [2.75, 3.05) is 25.5 Å². The van der Waals surface area contributed by atoms with Crippen molar-refractivity contribution in [3.8, 4) is 5.88 Å². The summed E-state index contributed by atoms with van der Waals surface area (Å²) in [6.07, 6.45) is 7.84. The highest BCUT2D eigenvalue weighted by Gasteiger charge is 2.25. The molecule has 1 fully saturated rings. The van der Waals surface area contributed by atoms with Crippen LogP contribution in [-0.4, -0.2) is 57.0 Å². The fraction of sp³-hybridized carbons (Fsp3) is 0.400. The predicted octanol–water partition coefficient (Wildman–Crippen LogP) is 0.992. The van der Waals surface area contributed by atoms with Crippen LogP contribution in [-0.2, 0) is 0 Å². The first-order valence-electron chi connectivity index (χ1n) is 7.44. The molecule has 0 radical (unpaired) electrons. The number of carbonyl (C=O) groups excluding carboxylic acids is 1. The molecule has 1 aliphatic rings. The van der Waals surface area contributed by atoms with Crippen molar-refractivity contribution in [1.29, 1.82) is 0 Å². The van der Waals surface area contributed by atoms with E-state index in [-0.39, 0.29) is 11.9 Å². The second-order valence-electron chi connectivity index (χ2n) is 5.22. The SMILES string of the molecule is COc1nccnc1NC1CCN(C(=O)c2ccncn2)CC1. The number of nitrogens with one attached hydrogen (secondary N) is 1. The van der Waals surface area contributed by atoms with E-state index in [4.69, 9.17) is 4.74 Å². The molecule has 0 bridgehead atoms. The molecule has 2 aromatic rings. The summed E-state index contributed by atoms with van der Waals surface area (Å²) in [4.78, 5) is 30.4. The first-order chi connectivity index (χ1) is 11.3. The van der Waals surface area contributed by atoms with Gasteiger partial charge in [-0.15, -0.1) is 0 Å². The standard InChI is InChI=1S/C15H18N6O2/c1-23-14-13(17-6-7-18-14)20-11-3-8-21(9-4-11)15(22)12-2-5-16-10-19-12/h2,5-7,10-11H,3-4,8-9H2,1H3,(H,17,20). The van der Waals surface area contributed by atoms with E-state index in [1.54, 1.807) is 31.8 Å². The lowest BCUT2D eigenvalue weighted by atomic mass is 10.0. The molecule has 0 spiro atoms. The molecular weight excluding hydrogens is 296 g/mol. The fourth-order valence-electron chi connectivity index (χ4n) is 2.57. The molecule has 0 unspecified atom stereocenters. The van der Waals surface area contributed by atoms with Crippen LogP contribution in [0.25, 0.3) is 0 Å². The van der Waals surface area contributed by atoms with E-state index in [0.29, 0.717) is 30.5 Å². The molecule has 1 saturated heterocycles. The quantitative estimate of drug-likeness (QED) is 0.899. The molecule has 3 heterocycles. The summed E-state index contributed by atoms with van der Waals surface area (Å²) < 4.78 is 5.19. The summed E-state index contributed by atoms with van der Waals surface area (Å²) in [6, 6.07) is 1.87. The summed E-state index contributed by atoms with van der Waals surface area (Å²) in [6.45, 7) is 1.34. The Morgan fingerprint density at radius 3 is 2.70 bits per heavy atom. The van der Waals surface area contributed by atoms with Gasteiger partial charge < -0.3 is 15.0 Å². The number of likely N-dealkylation sites (tertiary alicyclic amines) is 1. The van der Waals surface area contributed by atoms with E-state index < -0.39 is 0 Å². The van der Waals surface area contributed by atoms with Gasteiger partial charge in [-0.3, -0.25) is 4.79 Å². The molecule has 1 N–H and O–H groups in total. The third-order valence-electron chi connectivity index (χ3n) is 3.78. The number of ether oxygens (including phenoxy) is 1. The third kappa shape index (κ3) is 3.53. The first-order valence-corrected chi connectivity index (χ1v) is 7.44. The number of hydrogen-bond acceptors (Lipinski definition) is 7. The topological polar surface area (TPSA) is 93.1 Å². The highest BCUT2D eigenvalue weighted by molar-refractivity contribution is 5.92. The molecule has 120 valence electrons. The molecule has 1 aliphatic heterocycles. The Hall–Kier alpha value is -2.77. The summed E-state index contributed by atoms with van der Waals surface area (Å²) >= 11 is 0. The monoisotopic (exact) mass is 314 g/mol. The molecule has 0 aliphatic carbocycles. The number of rotatable bonds is 4. The normalized spacial score (nSPS) is 15.3. The van der Waals surface area contributed by atoms with Crippen LogP contribution in [0, 0.1) is 0 Å². The van der Waals surface area contributed by atoms with E-state index in [1.165, 1.54) is 6.33 Å². The third-order valence-corrected chi connectivity index (χ3v) is 3.78. The lowest BCUT2D eigenvalue weighted by Gasteiger charge is -2.32. The highest BCUT2D eigenvalue weighted by atomic mass is 16.5. The fourth-order valence-corrected chi connectivity index (χ4v) is 2.57. The number of hydrogen-bond donors (Lipinski definition) is 1. The van der Waals surface area contributed by atoms with Crippen molar-refractivity contribution in [2.24, 2.45) is 0 Å². The van der Waals surface area contributed by atoms with Crippen molar-refractivity contribution in [3.63, 3.8) is 0 Å². The highest BCUT2D eigenvalue weighted by Crippen LogP contribution is 2.21. The van der Waals surface area contributed by atoms with Gasteiger partial charge >= 0.3 is 0 Å². The van der Waals surface area contributed by atoms with Gasteiger partial charge in [0.25, 0.3) is 11.8 Å². The van der Waals surface area contributed by atoms with Crippen LogP contribution in [0.2, 0.25) is 0 Å². The van der Waals surface area contributed by atoms with Crippen LogP contribution in [0.15, 0.2) is 31.0 Å². The molecule has 0 atom stereocenters. The molecular formula is C15H18N6O2. The van der Waals surface area contributed by atoms with E-state index in [2.05, 4.69) is 25.3 Å². The van der Waals surface area contributed by atoms with Gasteiger partial charge in [0.15, 0.2) is 5.82 Å². The van der Waals surface area contributed by atoms with Crippen LogP contribution in [0.1, 0.15) is 23.3 Å². The molecule has 2 aromatic heterocycles. The zero-order chi connectivity index (χ0) is 16.1. The number of aromatic nitrogens is 4. The maximum absolute atomic E-state index is 12.3. The van der Waals surface area contributed by atoms with Crippen molar-refractivity contribution >= 4 is 11.7 Å². The molecule has 8 heteroatoms. The number of carbonyl (C=O) groups is 1. The Morgan fingerprint density at radius 2 is 2.00 bits per heavy atom. The summed E-state index contributed by atoms with van der Waals surface area (Å²) in [7, 11) is 1.57. The maximum Gasteiger partial charge on any atom is 0.272 e. The van der Waals surface area contributed by atoms with Crippen LogP contribution in [0.5, 0.6) is 5.88 Å². The van der Waals surface area contributed by atoms with Gasteiger partial charge in [0, 0.05) is 37.7 Å². The predicted molar refractivity (Wildman–Crippen MR) is 83.2 cm³/mol. The van der Waals surface area contributed by atoms with E-state index >= 15 is 0 Å². The Kier molecular flexibility index (Phi) is 4.60. The second-order valence-corrected chi connectivity index (χ2v) is 5.22. The Morgan fingerprint density at radius 1 is 1.22 bits per heavy atom. The van der Waals surface area contributed by atoms with Crippen LogP contribution in [0.3, 0.4) is 0 Å². The zero-order valence-electron chi connectivity index (χ0n) is 12.8. The number of piperidine rings is 1. The largest absolute Gasteiger partial charge is 0.478 e. The van der Waals surface area contributed by atoms with Crippen molar-refractivity contribution in [1.82, 2.24) is 24.8 Å². The average molecular weight is 314 g/mol. The zero-order valence-corrected chi connectivity index (χ0v) is 12.8. The van der Waals surface area contributed by atoms with Crippen molar-refractivity contribution in [3.05, 3.63) is 36.7 Å². The summed E-state index contributed by atoms with van der Waals surface area (Å²) in [5.74, 6) is 1.06. The van der Waals surface area contributed by atoms with E-state index in [1.807, 2.05) is 4.90 Å². The van der Waals surface area contributed by atoms with Gasteiger partial charge in [0.05, 0.1) is 7.11 Å². The van der Waals surface area contributed by atoms with Gasteiger partial charge in [-0.2, -0.15) is 0 Å². The Labute approximate surface area is 134 Å². The van der Waals surface area contributed by atoms with Crippen molar-refractivity contribution < 1.29 is 9.53 Å². The van der Waals surface area contributed by atoms with Gasteiger partial charge in [0.1, 0.15) is 12.0 Å². The van der Waals surface area contributed by atoms with E-state index in [0.717, 1.165) is 12.8 Å². The van der Waals surface area contributed by atoms with E-state index in [9.17, 15) is 4.79 Å². The lowest BCUT2D eigenvalue weighted by Crippen LogP contribution is -2.42. The number of methoxy groups -OCH3 is 1. The minimum absolute atomic E-state index is 0.0528. The van der Waals surface area contributed by atoms with Gasteiger partial charge in [-0.25, -0.2) is 19.9 Å².